The van der Waals surface area contributed by atoms with Gasteiger partial charge in [0.15, 0.2) is 0 Å². The van der Waals surface area contributed by atoms with Crippen molar-refractivity contribution in [2.24, 2.45) is 5.73 Å². The highest BCUT2D eigenvalue weighted by Crippen LogP contribution is 2.14. The number of hydrogen-bond acceptors (Lipinski definition) is 8. The smallest absolute Gasteiger partial charge is 0.255 e. The molecule has 1 aliphatic rings. The van der Waals surface area contributed by atoms with Crippen LogP contribution in [0.4, 0.5) is 0 Å². The van der Waals surface area contributed by atoms with Gasteiger partial charge in [0, 0.05) is 44.9 Å². The lowest BCUT2D eigenvalue weighted by molar-refractivity contribution is -0.132. The summed E-state index contributed by atoms with van der Waals surface area (Å²) in [5.41, 5.74) is 7.62. The Bertz CT molecular complexity index is 1560. The highest BCUT2D eigenvalue weighted by molar-refractivity contribution is 5.94. The van der Waals surface area contributed by atoms with Crippen molar-refractivity contribution in [3.63, 3.8) is 0 Å². The Morgan fingerprint density at radius 1 is 0.860 bits per heavy atom. The molecule has 0 saturated carbocycles. The molecule has 0 fully saturated rings. The van der Waals surface area contributed by atoms with E-state index in [1.165, 1.54) is 6.20 Å². The molecule has 3 aromatic rings. The lowest BCUT2D eigenvalue weighted by Gasteiger charge is -2.25. The second kappa shape index (κ2) is 20.3. The molecule has 5 amide bonds. The maximum absolute atomic E-state index is 13.7. The molecule has 50 heavy (non-hydrogen) atoms. The maximum Gasteiger partial charge on any atom is 0.255 e. The van der Waals surface area contributed by atoms with Gasteiger partial charge < -0.3 is 36.6 Å². The largest absolute Gasteiger partial charge is 0.492 e. The first-order chi connectivity index (χ1) is 24.3. The van der Waals surface area contributed by atoms with E-state index in [2.05, 4.69) is 26.3 Å². The van der Waals surface area contributed by atoms with Crippen molar-refractivity contribution >= 4 is 29.5 Å². The average molecular weight is 686 g/mol. The van der Waals surface area contributed by atoms with Crippen molar-refractivity contribution in [2.45, 2.75) is 57.0 Å². The number of carbonyl (C=O) groups excluding carboxylic acids is 5. The molecular formula is C37H47N7O6. The van der Waals surface area contributed by atoms with Gasteiger partial charge >= 0.3 is 0 Å². The number of carbonyl (C=O) groups is 5. The number of aromatic nitrogens is 1. The van der Waals surface area contributed by atoms with Crippen LogP contribution < -0.4 is 31.7 Å². The zero-order valence-electron chi connectivity index (χ0n) is 28.3. The quantitative estimate of drug-likeness (QED) is 0.232. The van der Waals surface area contributed by atoms with Gasteiger partial charge in [-0.05, 0) is 67.6 Å². The molecule has 2 aromatic carbocycles. The molecule has 13 heteroatoms. The SMILES string of the molecule is NCCCC[C@@H]1NC(=O)Cc2cccc(c2)OCCNC(=O)CCCN(C(=O)c2cccnc2)CCNC(=O)[C@@H](Cc2ccccc2)NC1=O. The standard InChI is InChI=1S/C37H47N7O6/c38-16-5-4-14-31-36(48)43-32(24-27-9-2-1-3-10-27)35(47)41-18-21-44(37(49)29-12-7-17-39-26-29)20-8-15-33(45)40-19-22-50-30-13-6-11-28(23-30)25-34(46)42-31/h1-3,6-7,9-13,17,23,26,31-32H,4-5,8,14-16,18-22,24-25,38H2,(H,40,45)(H,41,47)(H,42,46)(H,43,48)/t31-,32+/m0/s1. The van der Waals surface area contributed by atoms with Crippen LogP contribution in [0.15, 0.2) is 79.1 Å². The van der Waals surface area contributed by atoms with E-state index in [0.717, 1.165) is 5.56 Å². The maximum atomic E-state index is 13.7. The van der Waals surface area contributed by atoms with E-state index in [-0.39, 0.29) is 69.8 Å². The van der Waals surface area contributed by atoms with Crippen LogP contribution in [0, 0.1) is 0 Å². The Morgan fingerprint density at radius 3 is 2.48 bits per heavy atom. The van der Waals surface area contributed by atoms with Crippen molar-refractivity contribution in [1.82, 2.24) is 31.2 Å². The van der Waals surface area contributed by atoms with E-state index in [1.807, 2.05) is 30.3 Å². The molecule has 0 aliphatic carbocycles. The third-order valence-electron chi connectivity index (χ3n) is 8.18. The van der Waals surface area contributed by atoms with Crippen molar-refractivity contribution in [3.8, 4) is 5.75 Å². The van der Waals surface area contributed by atoms with E-state index >= 15 is 0 Å². The van der Waals surface area contributed by atoms with E-state index in [4.69, 9.17) is 10.5 Å². The Balaban J connectivity index is 1.56. The number of rotatable bonds is 7. The van der Waals surface area contributed by atoms with Gasteiger partial charge in [0.25, 0.3) is 5.91 Å². The van der Waals surface area contributed by atoms with Gasteiger partial charge in [-0.15, -0.1) is 0 Å². The molecule has 2 bridgehead atoms. The number of pyridine rings is 1. The van der Waals surface area contributed by atoms with E-state index < -0.39 is 23.9 Å². The zero-order chi connectivity index (χ0) is 35.6. The average Bonchev–Trinajstić information content (AvgIpc) is 3.12. The van der Waals surface area contributed by atoms with Crippen LogP contribution in [0.3, 0.4) is 0 Å². The molecule has 1 aromatic heterocycles. The van der Waals surface area contributed by atoms with Crippen molar-refractivity contribution in [1.29, 1.82) is 0 Å². The van der Waals surface area contributed by atoms with Crippen LogP contribution in [0.2, 0.25) is 0 Å². The van der Waals surface area contributed by atoms with Crippen LogP contribution in [0.5, 0.6) is 5.75 Å². The summed E-state index contributed by atoms with van der Waals surface area (Å²) in [5, 5.41) is 11.4. The minimum atomic E-state index is -0.958. The third-order valence-corrected chi connectivity index (χ3v) is 8.18. The van der Waals surface area contributed by atoms with E-state index in [0.29, 0.717) is 49.1 Å². The van der Waals surface area contributed by atoms with Crippen molar-refractivity contribution in [3.05, 3.63) is 95.8 Å². The molecule has 13 nitrogen and oxygen atoms in total. The van der Waals surface area contributed by atoms with Crippen LogP contribution >= 0.6 is 0 Å². The van der Waals surface area contributed by atoms with Gasteiger partial charge in [-0.2, -0.15) is 0 Å². The Hall–Kier alpha value is -5.30. The molecule has 4 rings (SSSR count). The summed E-state index contributed by atoms with van der Waals surface area (Å²) in [5.74, 6) is -1.19. The fourth-order valence-electron chi connectivity index (χ4n) is 5.57. The summed E-state index contributed by atoms with van der Waals surface area (Å²) in [4.78, 5) is 72.2. The second-order valence-corrected chi connectivity index (χ2v) is 12.1. The molecule has 0 saturated heterocycles. The van der Waals surface area contributed by atoms with Gasteiger partial charge in [0.1, 0.15) is 24.4 Å². The molecule has 2 atom stereocenters. The zero-order valence-corrected chi connectivity index (χ0v) is 28.3. The molecule has 2 heterocycles. The summed E-state index contributed by atoms with van der Waals surface area (Å²) in [6.45, 7) is 1.48. The Kier molecular flexibility index (Phi) is 15.2. The van der Waals surface area contributed by atoms with Crippen LogP contribution in [-0.2, 0) is 32.0 Å². The molecule has 0 unspecified atom stereocenters. The molecule has 266 valence electrons. The molecule has 0 radical (unpaired) electrons. The van der Waals surface area contributed by atoms with Crippen LogP contribution in [0.25, 0.3) is 0 Å². The number of ether oxygens (including phenoxy) is 1. The number of nitrogens with zero attached hydrogens (tertiary/aromatic N) is 2. The van der Waals surface area contributed by atoms with Crippen molar-refractivity contribution < 1.29 is 28.7 Å². The number of hydrogen-bond donors (Lipinski definition) is 5. The Morgan fingerprint density at radius 2 is 1.70 bits per heavy atom. The third kappa shape index (κ3) is 12.6. The van der Waals surface area contributed by atoms with E-state index in [9.17, 15) is 24.0 Å². The summed E-state index contributed by atoms with van der Waals surface area (Å²) in [7, 11) is 0. The van der Waals surface area contributed by atoms with Crippen LogP contribution in [-0.4, -0.2) is 90.8 Å². The lowest BCUT2D eigenvalue weighted by Crippen LogP contribution is -2.55. The highest BCUT2D eigenvalue weighted by atomic mass is 16.5. The summed E-state index contributed by atoms with van der Waals surface area (Å²) in [6.07, 6.45) is 5.47. The fraction of sp³-hybridized carbons (Fsp3) is 0.405. The van der Waals surface area contributed by atoms with Gasteiger partial charge in [-0.25, -0.2) is 0 Å². The monoisotopic (exact) mass is 685 g/mol. The van der Waals surface area contributed by atoms with Crippen LogP contribution in [0.1, 0.15) is 53.6 Å². The topological polar surface area (TPSA) is 185 Å². The van der Waals surface area contributed by atoms with E-state index in [1.54, 1.807) is 47.5 Å². The molecule has 0 spiro atoms. The van der Waals surface area contributed by atoms with Gasteiger partial charge in [-0.3, -0.25) is 29.0 Å². The normalized spacial score (nSPS) is 18.9. The second-order valence-electron chi connectivity index (χ2n) is 12.1. The predicted octanol–water partition coefficient (Wildman–Crippen LogP) is 1.51. The number of unbranched alkanes of at least 4 members (excludes halogenated alkanes) is 1. The lowest BCUT2D eigenvalue weighted by atomic mass is 10.0. The van der Waals surface area contributed by atoms with Gasteiger partial charge in [-0.1, -0.05) is 42.5 Å². The number of fused-ring (bicyclic) bond motifs is 2. The van der Waals surface area contributed by atoms with Gasteiger partial charge in [0.2, 0.25) is 23.6 Å². The number of amides is 5. The number of nitrogens with one attached hydrogen (secondary N) is 4. The first-order valence-corrected chi connectivity index (χ1v) is 17.1. The van der Waals surface area contributed by atoms with Gasteiger partial charge in [0.05, 0.1) is 18.5 Å². The molecule has 1 aliphatic heterocycles. The Labute approximate surface area is 292 Å². The fourth-order valence-corrected chi connectivity index (χ4v) is 5.57. The minimum absolute atomic E-state index is 0.0107. The van der Waals surface area contributed by atoms with Crippen molar-refractivity contribution in [2.75, 3.05) is 39.3 Å². The molecule has 6 N–H and O–H groups in total. The summed E-state index contributed by atoms with van der Waals surface area (Å²) >= 11 is 0. The minimum Gasteiger partial charge on any atom is -0.492 e. The summed E-state index contributed by atoms with van der Waals surface area (Å²) < 4.78 is 5.81. The number of benzene rings is 2. The number of nitrogens with two attached hydrogens (primary N) is 1. The molecular weight excluding hydrogens is 638 g/mol. The first kappa shape index (κ1) is 37.5. The predicted molar refractivity (Wildman–Crippen MR) is 188 cm³/mol. The summed E-state index contributed by atoms with van der Waals surface area (Å²) in [6, 6.07) is 17.9. The first-order valence-electron chi connectivity index (χ1n) is 17.1. The highest BCUT2D eigenvalue weighted by Gasteiger charge is 2.27.